The van der Waals surface area contributed by atoms with Gasteiger partial charge in [-0.05, 0) is 30.8 Å². The van der Waals surface area contributed by atoms with Gasteiger partial charge >= 0.3 is 0 Å². The summed E-state index contributed by atoms with van der Waals surface area (Å²) >= 11 is 0. The van der Waals surface area contributed by atoms with Crippen LogP contribution in [0, 0.1) is 17.8 Å². The van der Waals surface area contributed by atoms with Crippen LogP contribution in [0.15, 0.2) is 12.7 Å². The van der Waals surface area contributed by atoms with E-state index in [0.717, 1.165) is 24.7 Å². The number of rotatable bonds is 3. The maximum Gasteiger partial charge on any atom is 0.158 e. The van der Waals surface area contributed by atoms with Crippen molar-refractivity contribution in [2.75, 3.05) is 0 Å². The van der Waals surface area contributed by atoms with Crippen molar-refractivity contribution in [2.45, 2.75) is 39.5 Å². The molecule has 1 saturated carbocycles. The first-order valence-corrected chi connectivity index (χ1v) is 5.31. The molecular weight excluding hydrogens is 160 g/mol. The van der Waals surface area contributed by atoms with Crippen LogP contribution in [0.5, 0.6) is 0 Å². The minimum Gasteiger partial charge on any atom is -0.295 e. The van der Waals surface area contributed by atoms with Crippen molar-refractivity contribution in [1.82, 2.24) is 0 Å². The van der Waals surface area contributed by atoms with Crippen molar-refractivity contribution in [2.24, 2.45) is 17.8 Å². The van der Waals surface area contributed by atoms with E-state index in [1.54, 1.807) is 0 Å². The first kappa shape index (κ1) is 10.5. The quantitative estimate of drug-likeness (QED) is 0.609. The van der Waals surface area contributed by atoms with Gasteiger partial charge < -0.3 is 0 Å². The van der Waals surface area contributed by atoms with Gasteiger partial charge in [-0.1, -0.05) is 33.3 Å². The lowest BCUT2D eigenvalue weighted by Crippen LogP contribution is -2.24. The zero-order valence-electron chi connectivity index (χ0n) is 8.75. The molecule has 13 heavy (non-hydrogen) atoms. The average molecular weight is 180 g/mol. The fourth-order valence-electron chi connectivity index (χ4n) is 2.26. The molecule has 2 atom stereocenters. The van der Waals surface area contributed by atoms with Gasteiger partial charge in [-0.15, -0.1) is 0 Å². The van der Waals surface area contributed by atoms with Gasteiger partial charge in [-0.2, -0.15) is 0 Å². The summed E-state index contributed by atoms with van der Waals surface area (Å²) in [6, 6.07) is 0. The highest BCUT2D eigenvalue weighted by Gasteiger charge is 2.26. The van der Waals surface area contributed by atoms with E-state index < -0.39 is 0 Å². The van der Waals surface area contributed by atoms with Crippen LogP contribution in [-0.4, -0.2) is 5.78 Å². The highest BCUT2D eigenvalue weighted by atomic mass is 16.1. The van der Waals surface area contributed by atoms with E-state index in [9.17, 15) is 4.79 Å². The molecule has 1 heteroatoms. The molecule has 0 spiro atoms. The lowest BCUT2D eigenvalue weighted by atomic mass is 9.75. The predicted molar refractivity (Wildman–Crippen MR) is 55.5 cm³/mol. The van der Waals surface area contributed by atoms with Crippen LogP contribution in [-0.2, 0) is 4.79 Å². The third-order valence-corrected chi connectivity index (χ3v) is 3.26. The number of carbonyl (C=O) groups excluding carboxylic acids is 1. The van der Waals surface area contributed by atoms with Crippen LogP contribution >= 0.6 is 0 Å². The molecule has 0 aromatic rings. The molecular formula is C12H20O. The Morgan fingerprint density at radius 1 is 1.46 bits per heavy atom. The largest absolute Gasteiger partial charge is 0.295 e. The molecule has 0 N–H and O–H groups in total. The number of ketones is 1. The summed E-state index contributed by atoms with van der Waals surface area (Å²) in [4.78, 5) is 11.4. The summed E-state index contributed by atoms with van der Waals surface area (Å²) in [6.45, 7) is 8.07. The topological polar surface area (TPSA) is 17.1 Å². The summed E-state index contributed by atoms with van der Waals surface area (Å²) in [5, 5.41) is 0. The fourth-order valence-corrected chi connectivity index (χ4v) is 2.26. The highest BCUT2D eigenvalue weighted by Crippen LogP contribution is 2.34. The van der Waals surface area contributed by atoms with E-state index in [1.165, 1.54) is 18.9 Å². The molecule has 1 aliphatic carbocycles. The van der Waals surface area contributed by atoms with Crippen molar-refractivity contribution in [3.05, 3.63) is 12.7 Å². The van der Waals surface area contributed by atoms with Gasteiger partial charge in [0.15, 0.2) is 5.78 Å². The van der Waals surface area contributed by atoms with Crippen molar-refractivity contribution in [1.29, 1.82) is 0 Å². The van der Waals surface area contributed by atoms with Gasteiger partial charge in [-0.3, -0.25) is 4.79 Å². The standard InChI is InChI=1S/C12H20O/c1-4-12(13)11-7-5-6-10(8-11)9(2)3/h4,9-11H,1,5-8H2,2-3H3. The molecule has 0 aliphatic heterocycles. The number of hydrogen-bond acceptors (Lipinski definition) is 1. The molecule has 0 saturated heterocycles. The maximum absolute atomic E-state index is 11.4. The number of allylic oxidation sites excluding steroid dienone is 1. The van der Waals surface area contributed by atoms with E-state index in [0.29, 0.717) is 0 Å². The first-order valence-electron chi connectivity index (χ1n) is 5.31. The smallest absolute Gasteiger partial charge is 0.158 e. The summed E-state index contributed by atoms with van der Waals surface area (Å²) in [5.74, 6) is 2.01. The van der Waals surface area contributed by atoms with Crippen molar-refractivity contribution >= 4 is 5.78 Å². The van der Waals surface area contributed by atoms with E-state index in [2.05, 4.69) is 20.4 Å². The van der Waals surface area contributed by atoms with E-state index in [-0.39, 0.29) is 11.7 Å². The van der Waals surface area contributed by atoms with Gasteiger partial charge in [-0.25, -0.2) is 0 Å². The van der Waals surface area contributed by atoms with Crippen LogP contribution in [0.4, 0.5) is 0 Å². The van der Waals surface area contributed by atoms with E-state index >= 15 is 0 Å². The Labute approximate surface area is 81.2 Å². The van der Waals surface area contributed by atoms with Gasteiger partial charge in [0.1, 0.15) is 0 Å². The van der Waals surface area contributed by atoms with Crippen LogP contribution in [0.1, 0.15) is 39.5 Å². The normalized spacial score (nSPS) is 28.8. The zero-order chi connectivity index (χ0) is 9.84. The second-order valence-corrected chi connectivity index (χ2v) is 4.47. The van der Waals surface area contributed by atoms with Crippen molar-refractivity contribution in [3.8, 4) is 0 Å². The molecule has 0 aromatic carbocycles. The summed E-state index contributed by atoms with van der Waals surface area (Å²) < 4.78 is 0. The molecule has 0 bridgehead atoms. The average Bonchev–Trinajstić information content (AvgIpc) is 2.17. The van der Waals surface area contributed by atoms with Crippen LogP contribution in [0.3, 0.4) is 0 Å². The predicted octanol–water partition coefficient (Wildman–Crippen LogP) is 3.20. The second-order valence-electron chi connectivity index (χ2n) is 4.47. The Balaban J connectivity index is 2.51. The minimum atomic E-state index is 0.255. The lowest BCUT2D eigenvalue weighted by molar-refractivity contribution is -0.119. The first-order chi connectivity index (χ1) is 6.15. The molecule has 1 nitrogen and oxygen atoms in total. The number of carbonyl (C=O) groups is 1. The maximum atomic E-state index is 11.4. The Bertz CT molecular complexity index is 193. The van der Waals surface area contributed by atoms with Crippen LogP contribution < -0.4 is 0 Å². The molecule has 0 heterocycles. The Morgan fingerprint density at radius 2 is 2.15 bits per heavy atom. The Hall–Kier alpha value is -0.590. The SMILES string of the molecule is C=CC(=O)C1CCCC(C(C)C)C1. The second kappa shape index (κ2) is 4.59. The fraction of sp³-hybridized carbons (Fsp3) is 0.750. The monoisotopic (exact) mass is 180 g/mol. The van der Waals surface area contributed by atoms with E-state index in [4.69, 9.17) is 0 Å². The molecule has 1 fully saturated rings. The van der Waals surface area contributed by atoms with Crippen molar-refractivity contribution in [3.63, 3.8) is 0 Å². The van der Waals surface area contributed by atoms with Gasteiger partial charge in [0.25, 0.3) is 0 Å². The van der Waals surface area contributed by atoms with Gasteiger partial charge in [0.05, 0.1) is 0 Å². The molecule has 0 aromatic heterocycles. The molecule has 0 amide bonds. The summed E-state index contributed by atoms with van der Waals surface area (Å²) in [5.41, 5.74) is 0. The Kier molecular flexibility index (Phi) is 3.71. The summed E-state index contributed by atoms with van der Waals surface area (Å²) in [6.07, 6.45) is 6.18. The molecule has 2 unspecified atom stereocenters. The summed E-state index contributed by atoms with van der Waals surface area (Å²) in [7, 11) is 0. The third-order valence-electron chi connectivity index (χ3n) is 3.26. The van der Waals surface area contributed by atoms with Crippen LogP contribution in [0.2, 0.25) is 0 Å². The van der Waals surface area contributed by atoms with E-state index in [1.807, 2.05) is 0 Å². The Morgan fingerprint density at radius 3 is 2.69 bits per heavy atom. The lowest BCUT2D eigenvalue weighted by Gasteiger charge is -2.30. The van der Waals surface area contributed by atoms with Gasteiger partial charge in [0.2, 0.25) is 0 Å². The van der Waals surface area contributed by atoms with Crippen LogP contribution in [0.25, 0.3) is 0 Å². The van der Waals surface area contributed by atoms with Crippen molar-refractivity contribution < 1.29 is 4.79 Å². The van der Waals surface area contributed by atoms with Gasteiger partial charge in [0, 0.05) is 5.92 Å². The zero-order valence-corrected chi connectivity index (χ0v) is 8.75. The highest BCUT2D eigenvalue weighted by molar-refractivity contribution is 5.91. The molecule has 74 valence electrons. The molecule has 1 rings (SSSR count). The molecule has 1 aliphatic rings. The number of hydrogen-bond donors (Lipinski definition) is 0. The third kappa shape index (κ3) is 2.68. The molecule has 0 radical (unpaired) electrons. The minimum absolute atomic E-state index is 0.255.